The van der Waals surface area contributed by atoms with Crippen LogP contribution in [0.4, 0.5) is 22.0 Å². The van der Waals surface area contributed by atoms with Crippen LogP contribution in [0.3, 0.4) is 0 Å². The molecule has 0 spiro atoms. The van der Waals surface area contributed by atoms with Gasteiger partial charge in [0.05, 0.1) is 33.0 Å². The highest BCUT2D eigenvalue weighted by atomic mass is 32.1. The molecule has 0 aromatic heterocycles. The number of hydrogen-bond acceptors (Lipinski definition) is 6. The van der Waals surface area contributed by atoms with E-state index in [-0.39, 0.29) is 19.8 Å². The molecule has 0 aliphatic heterocycles. The van der Waals surface area contributed by atoms with Gasteiger partial charge in [-0.3, -0.25) is 0 Å². The van der Waals surface area contributed by atoms with Crippen molar-refractivity contribution in [1.29, 1.82) is 0 Å². The summed E-state index contributed by atoms with van der Waals surface area (Å²) in [5.41, 5.74) is -1.64. The van der Waals surface area contributed by atoms with Crippen LogP contribution in [0.25, 0.3) is 0 Å². The van der Waals surface area contributed by atoms with Crippen molar-refractivity contribution in [1.82, 2.24) is 0 Å². The lowest BCUT2D eigenvalue weighted by Gasteiger charge is -2.09. The molecule has 0 unspecified atom stereocenters. The Labute approximate surface area is 209 Å². The maximum atomic E-state index is 13.5. The van der Waals surface area contributed by atoms with Crippen LogP contribution < -0.4 is 0 Å². The lowest BCUT2D eigenvalue weighted by molar-refractivity contribution is -0.000126. The summed E-state index contributed by atoms with van der Waals surface area (Å²) in [6.45, 7) is 1.39. The first-order valence-electron chi connectivity index (χ1n) is 11.9. The van der Waals surface area contributed by atoms with E-state index in [1.807, 2.05) is 0 Å². The molecule has 0 amide bonds. The Morgan fingerprint density at radius 1 is 0.514 bits per heavy atom. The third-order valence-corrected chi connectivity index (χ3v) is 5.38. The van der Waals surface area contributed by atoms with Gasteiger partial charge in [0.2, 0.25) is 5.82 Å². The number of ether oxygens (including phenoxy) is 4. The molecule has 0 radical (unpaired) electrons. The Hall–Kier alpha value is -1.43. The Bertz CT molecular complexity index is 710. The van der Waals surface area contributed by atoms with Crippen molar-refractivity contribution >= 4 is 18.6 Å². The molecule has 35 heavy (non-hydrogen) atoms. The van der Waals surface area contributed by atoms with Gasteiger partial charge in [0.1, 0.15) is 12.2 Å². The maximum Gasteiger partial charge on any atom is 0.344 e. The predicted octanol–water partition coefficient (Wildman–Crippen LogP) is 6.03. The van der Waals surface area contributed by atoms with Gasteiger partial charge in [-0.1, -0.05) is 44.9 Å². The SMILES string of the molecule is O=C(OCCOCCOCCOCCCCCCCCCCCS)c1c(F)c(F)c(F)c(F)c1F. The number of halogens is 5. The third kappa shape index (κ3) is 12.9. The van der Waals surface area contributed by atoms with E-state index in [2.05, 4.69) is 17.4 Å². The molecule has 0 bridgehead atoms. The summed E-state index contributed by atoms with van der Waals surface area (Å²) in [5.74, 6) is -12.0. The molecule has 0 aliphatic carbocycles. The monoisotopic (exact) mass is 530 g/mol. The molecule has 0 N–H and O–H groups in total. The van der Waals surface area contributed by atoms with Crippen LogP contribution in [0, 0.1) is 29.1 Å². The van der Waals surface area contributed by atoms with Crippen molar-refractivity contribution in [3.05, 3.63) is 34.6 Å². The second kappa shape index (κ2) is 19.7. The maximum absolute atomic E-state index is 13.5. The van der Waals surface area contributed by atoms with Crippen molar-refractivity contribution in [3.8, 4) is 0 Å². The zero-order chi connectivity index (χ0) is 25.9. The lowest BCUT2D eigenvalue weighted by Crippen LogP contribution is -2.18. The first-order valence-corrected chi connectivity index (χ1v) is 12.6. The zero-order valence-corrected chi connectivity index (χ0v) is 20.8. The van der Waals surface area contributed by atoms with Crippen LogP contribution in [0.15, 0.2) is 0 Å². The molecule has 1 aromatic carbocycles. The smallest absolute Gasteiger partial charge is 0.344 e. The van der Waals surface area contributed by atoms with Crippen LogP contribution >= 0.6 is 12.6 Å². The topological polar surface area (TPSA) is 54.0 Å². The van der Waals surface area contributed by atoms with E-state index in [1.54, 1.807) is 0 Å². The highest BCUT2D eigenvalue weighted by Gasteiger charge is 2.30. The van der Waals surface area contributed by atoms with Gasteiger partial charge in [0.25, 0.3) is 0 Å². The van der Waals surface area contributed by atoms with E-state index in [0.29, 0.717) is 19.8 Å². The fraction of sp³-hybridized carbons (Fsp3) is 0.708. The molecule has 0 fully saturated rings. The normalized spacial score (nSPS) is 11.3. The number of unbranched alkanes of at least 4 members (excludes halogenated alkanes) is 8. The number of carbonyl (C=O) groups excluding carboxylic acids is 1. The molecule has 0 aliphatic rings. The van der Waals surface area contributed by atoms with Gasteiger partial charge < -0.3 is 18.9 Å². The lowest BCUT2D eigenvalue weighted by atomic mass is 10.1. The molecule has 0 saturated heterocycles. The Kier molecular flexibility index (Phi) is 17.8. The van der Waals surface area contributed by atoms with E-state index in [4.69, 9.17) is 14.2 Å². The van der Waals surface area contributed by atoms with Crippen LogP contribution in [0.2, 0.25) is 0 Å². The minimum atomic E-state index is -2.35. The standard InChI is InChI=1S/C24H35F5O5S/c25-19-18(20(26)22(28)23(29)21(19)27)24(30)34-16-15-33-14-13-32-12-11-31-10-8-6-4-2-1-3-5-7-9-17-35/h35H,1-17H2. The minimum Gasteiger partial charge on any atom is -0.459 e. The number of carbonyl (C=O) groups is 1. The molecule has 11 heteroatoms. The number of esters is 1. The van der Waals surface area contributed by atoms with E-state index in [1.165, 1.54) is 44.9 Å². The molecule has 1 rings (SSSR count). The Morgan fingerprint density at radius 2 is 0.886 bits per heavy atom. The van der Waals surface area contributed by atoms with Gasteiger partial charge in [-0.05, 0) is 18.6 Å². The zero-order valence-electron chi connectivity index (χ0n) is 19.9. The van der Waals surface area contributed by atoms with E-state index in [0.717, 1.165) is 18.6 Å². The van der Waals surface area contributed by atoms with Crippen LogP contribution in [-0.4, -0.2) is 58.0 Å². The van der Waals surface area contributed by atoms with Crippen LogP contribution in [0.5, 0.6) is 0 Å². The number of rotatable bonds is 21. The van der Waals surface area contributed by atoms with Gasteiger partial charge in [-0.25, -0.2) is 26.7 Å². The molecular weight excluding hydrogens is 495 g/mol. The molecule has 5 nitrogen and oxygen atoms in total. The van der Waals surface area contributed by atoms with Gasteiger partial charge >= 0.3 is 5.97 Å². The molecule has 0 saturated carbocycles. The summed E-state index contributed by atoms with van der Waals surface area (Å²) in [5, 5.41) is 0. The van der Waals surface area contributed by atoms with E-state index >= 15 is 0 Å². The van der Waals surface area contributed by atoms with Crippen molar-refractivity contribution in [2.75, 3.05) is 52.0 Å². The average molecular weight is 531 g/mol. The molecular formula is C24H35F5O5S. The molecule has 1 aromatic rings. The van der Waals surface area contributed by atoms with E-state index < -0.39 is 47.2 Å². The highest BCUT2D eigenvalue weighted by Crippen LogP contribution is 2.23. The minimum absolute atomic E-state index is 0.142. The van der Waals surface area contributed by atoms with Crippen molar-refractivity contribution in [2.45, 2.75) is 57.8 Å². The van der Waals surface area contributed by atoms with Crippen molar-refractivity contribution in [2.24, 2.45) is 0 Å². The van der Waals surface area contributed by atoms with Crippen molar-refractivity contribution in [3.63, 3.8) is 0 Å². The second-order valence-electron chi connectivity index (χ2n) is 7.82. The van der Waals surface area contributed by atoms with Gasteiger partial charge in [0.15, 0.2) is 23.3 Å². The number of thiol groups is 1. The summed E-state index contributed by atoms with van der Waals surface area (Å²) in [6.07, 6.45) is 11.0. The first kappa shape index (κ1) is 31.6. The fourth-order valence-corrected chi connectivity index (χ4v) is 3.37. The summed E-state index contributed by atoms with van der Waals surface area (Å²) < 4.78 is 86.7. The van der Waals surface area contributed by atoms with Crippen LogP contribution in [0.1, 0.15) is 68.1 Å². The summed E-state index contributed by atoms with van der Waals surface area (Å²) >= 11 is 4.20. The van der Waals surface area contributed by atoms with Gasteiger partial charge in [-0.15, -0.1) is 0 Å². The first-order chi connectivity index (χ1) is 16.9. The highest BCUT2D eigenvalue weighted by molar-refractivity contribution is 7.80. The van der Waals surface area contributed by atoms with E-state index in [9.17, 15) is 26.7 Å². The summed E-state index contributed by atoms with van der Waals surface area (Å²) in [4.78, 5) is 11.6. The Balaban J connectivity index is 1.93. The number of hydrogen-bond donors (Lipinski definition) is 1. The summed E-state index contributed by atoms with van der Waals surface area (Å²) in [7, 11) is 0. The van der Waals surface area contributed by atoms with Crippen LogP contribution in [-0.2, 0) is 18.9 Å². The van der Waals surface area contributed by atoms with Crippen molar-refractivity contribution < 1.29 is 45.7 Å². The Morgan fingerprint density at radius 3 is 1.37 bits per heavy atom. The fourth-order valence-electron chi connectivity index (χ4n) is 3.14. The summed E-state index contributed by atoms with van der Waals surface area (Å²) in [6, 6.07) is 0. The second-order valence-corrected chi connectivity index (χ2v) is 8.27. The van der Waals surface area contributed by atoms with Gasteiger partial charge in [0, 0.05) is 6.61 Å². The average Bonchev–Trinajstić information content (AvgIpc) is 2.85. The number of benzene rings is 1. The third-order valence-electron chi connectivity index (χ3n) is 5.07. The molecule has 0 heterocycles. The largest absolute Gasteiger partial charge is 0.459 e. The van der Waals surface area contributed by atoms with Gasteiger partial charge in [-0.2, -0.15) is 12.6 Å². The predicted molar refractivity (Wildman–Crippen MR) is 124 cm³/mol. The molecule has 0 atom stereocenters. The quantitative estimate of drug-likeness (QED) is 0.0525. The molecule has 202 valence electrons.